The Bertz CT molecular complexity index is 161. The van der Waals surface area contributed by atoms with Crippen molar-refractivity contribution in [2.45, 2.75) is 45.7 Å². The summed E-state index contributed by atoms with van der Waals surface area (Å²) in [5.41, 5.74) is 0. The summed E-state index contributed by atoms with van der Waals surface area (Å²) in [5.74, 6) is -0.233. The smallest absolute Gasteiger partial charge is 0.322 e. The van der Waals surface area contributed by atoms with Gasteiger partial charge in [0.15, 0.2) is 0 Å². The lowest BCUT2D eigenvalue weighted by molar-refractivity contribution is -0.145. The van der Waals surface area contributed by atoms with Gasteiger partial charge in [0, 0.05) is 12.6 Å². The maximum atomic E-state index is 11.3. The van der Waals surface area contributed by atoms with E-state index in [-0.39, 0.29) is 24.7 Å². The van der Waals surface area contributed by atoms with E-state index in [2.05, 4.69) is 5.32 Å². The summed E-state index contributed by atoms with van der Waals surface area (Å²) < 4.78 is 4.86. The molecule has 0 amide bonds. The monoisotopic (exact) mass is 203 g/mol. The van der Waals surface area contributed by atoms with Crippen molar-refractivity contribution in [1.29, 1.82) is 0 Å². The van der Waals surface area contributed by atoms with E-state index >= 15 is 0 Å². The van der Waals surface area contributed by atoms with Crippen LogP contribution in [-0.4, -0.2) is 36.4 Å². The zero-order chi connectivity index (χ0) is 11.0. The number of rotatable bonds is 7. The van der Waals surface area contributed by atoms with Gasteiger partial charge in [-0.05, 0) is 26.7 Å². The van der Waals surface area contributed by atoms with E-state index in [4.69, 9.17) is 9.84 Å². The average Bonchev–Trinajstić information content (AvgIpc) is 2.17. The minimum Gasteiger partial charge on any atom is -0.465 e. The second-order valence-electron chi connectivity index (χ2n) is 3.26. The van der Waals surface area contributed by atoms with Crippen LogP contribution < -0.4 is 5.32 Å². The lowest BCUT2D eigenvalue weighted by Crippen LogP contribution is -2.42. The van der Waals surface area contributed by atoms with Crippen molar-refractivity contribution < 1.29 is 14.6 Å². The van der Waals surface area contributed by atoms with Crippen LogP contribution in [0.5, 0.6) is 0 Å². The van der Waals surface area contributed by atoms with Crippen LogP contribution in [-0.2, 0) is 9.53 Å². The van der Waals surface area contributed by atoms with E-state index in [9.17, 15) is 4.79 Å². The summed E-state index contributed by atoms with van der Waals surface area (Å²) in [6.07, 6.45) is 1.56. The fourth-order valence-electron chi connectivity index (χ4n) is 1.25. The van der Waals surface area contributed by atoms with E-state index in [0.717, 1.165) is 6.42 Å². The molecule has 0 aliphatic heterocycles. The standard InChI is InChI=1S/C10H21NO3/c1-4-9(6-7-12)11-8(3)10(13)14-5-2/h8-9,11-12H,4-7H2,1-3H3. The highest BCUT2D eigenvalue weighted by atomic mass is 16.5. The van der Waals surface area contributed by atoms with Gasteiger partial charge >= 0.3 is 5.97 Å². The SMILES string of the molecule is CCOC(=O)C(C)NC(CC)CCO. The first-order valence-electron chi connectivity index (χ1n) is 5.19. The van der Waals surface area contributed by atoms with Crippen LogP contribution in [0.2, 0.25) is 0 Å². The average molecular weight is 203 g/mol. The molecule has 4 heteroatoms. The van der Waals surface area contributed by atoms with Crippen LogP contribution >= 0.6 is 0 Å². The van der Waals surface area contributed by atoms with Gasteiger partial charge in [-0.15, -0.1) is 0 Å². The van der Waals surface area contributed by atoms with Crippen LogP contribution in [0, 0.1) is 0 Å². The predicted molar refractivity (Wildman–Crippen MR) is 55.0 cm³/mol. The van der Waals surface area contributed by atoms with Gasteiger partial charge in [0.2, 0.25) is 0 Å². The fourth-order valence-corrected chi connectivity index (χ4v) is 1.25. The zero-order valence-corrected chi connectivity index (χ0v) is 9.25. The number of aliphatic hydroxyl groups is 1. The molecular weight excluding hydrogens is 182 g/mol. The van der Waals surface area contributed by atoms with Gasteiger partial charge in [-0.3, -0.25) is 4.79 Å². The molecule has 0 aliphatic rings. The summed E-state index contributed by atoms with van der Waals surface area (Å²) in [4.78, 5) is 11.3. The highest BCUT2D eigenvalue weighted by Gasteiger charge is 2.16. The Morgan fingerprint density at radius 3 is 2.57 bits per heavy atom. The van der Waals surface area contributed by atoms with Crippen molar-refractivity contribution in [3.05, 3.63) is 0 Å². The molecule has 4 nitrogen and oxygen atoms in total. The lowest BCUT2D eigenvalue weighted by Gasteiger charge is -2.20. The fraction of sp³-hybridized carbons (Fsp3) is 0.900. The molecule has 0 aromatic heterocycles. The minimum absolute atomic E-state index is 0.140. The third-order valence-electron chi connectivity index (χ3n) is 2.10. The molecule has 2 N–H and O–H groups in total. The second kappa shape index (κ2) is 7.76. The molecule has 0 rings (SSSR count). The molecule has 0 saturated carbocycles. The molecule has 0 radical (unpaired) electrons. The molecule has 0 aromatic rings. The second-order valence-corrected chi connectivity index (χ2v) is 3.26. The van der Waals surface area contributed by atoms with Crippen LogP contribution in [0.25, 0.3) is 0 Å². The first kappa shape index (κ1) is 13.4. The summed E-state index contributed by atoms with van der Waals surface area (Å²) in [7, 11) is 0. The number of ether oxygens (including phenoxy) is 1. The highest BCUT2D eigenvalue weighted by molar-refractivity contribution is 5.75. The molecule has 0 aromatic carbocycles. The summed E-state index contributed by atoms with van der Waals surface area (Å²) in [5, 5.41) is 11.9. The normalized spacial score (nSPS) is 14.9. The van der Waals surface area contributed by atoms with Crippen molar-refractivity contribution in [3.8, 4) is 0 Å². The van der Waals surface area contributed by atoms with Crippen molar-refractivity contribution in [2.75, 3.05) is 13.2 Å². The van der Waals surface area contributed by atoms with Crippen molar-refractivity contribution in [3.63, 3.8) is 0 Å². The number of esters is 1. The van der Waals surface area contributed by atoms with E-state index in [1.165, 1.54) is 0 Å². The number of carbonyl (C=O) groups is 1. The maximum Gasteiger partial charge on any atom is 0.322 e. The van der Waals surface area contributed by atoms with E-state index in [0.29, 0.717) is 13.0 Å². The highest BCUT2D eigenvalue weighted by Crippen LogP contribution is 1.99. The number of nitrogens with one attached hydrogen (secondary N) is 1. The summed E-state index contributed by atoms with van der Waals surface area (Å²) in [6.45, 7) is 6.13. The predicted octanol–water partition coefficient (Wildman–Crippen LogP) is 0.689. The molecule has 0 spiro atoms. The largest absolute Gasteiger partial charge is 0.465 e. The van der Waals surface area contributed by atoms with Gasteiger partial charge in [0.25, 0.3) is 0 Å². The van der Waals surface area contributed by atoms with E-state index in [1.54, 1.807) is 13.8 Å². The van der Waals surface area contributed by atoms with Crippen LogP contribution in [0.3, 0.4) is 0 Å². The molecule has 84 valence electrons. The number of carbonyl (C=O) groups excluding carboxylic acids is 1. The lowest BCUT2D eigenvalue weighted by atomic mass is 10.1. The Morgan fingerprint density at radius 2 is 2.14 bits per heavy atom. The minimum atomic E-state index is -0.300. The molecule has 0 heterocycles. The molecule has 14 heavy (non-hydrogen) atoms. The van der Waals surface area contributed by atoms with Crippen LogP contribution in [0.1, 0.15) is 33.6 Å². The van der Waals surface area contributed by atoms with Crippen molar-refractivity contribution in [2.24, 2.45) is 0 Å². The Balaban J connectivity index is 3.88. The summed E-state index contributed by atoms with van der Waals surface area (Å²) in [6, 6.07) is -0.120. The van der Waals surface area contributed by atoms with Crippen LogP contribution in [0.15, 0.2) is 0 Å². The van der Waals surface area contributed by atoms with Gasteiger partial charge in [0.05, 0.1) is 6.61 Å². The Hall–Kier alpha value is -0.610. The zero-order valence-electron chi connectivity index (χ0n) is 9.25. The van der Waals surface area contributed by atoms with Crippen LogP contribution in [0.4, 0.5) is 0 Å². The Morgan fingerprint density at radius 1 is 1.50 bits per heavy atom. The molecule has 0 fully saturated rings. The quantitative estimate of drug-likeness (QED) is 0.598. The molecule has 0 aliphatic carbocycles. The van der Waals surface area contributed by atoms with Crippen molar-refractivity contribution >= 4 is 5.97 Å². The van der Waals surface area contributed by atoms with Crippen molar-refractivity contribution in [1.82, 2.24) is 5.32 Å². The molecule has 0 bridgehead atoms. The molecule has 0 saturated heterocycles. The van der Waals surface area contributed by atoms with E-state index < -0.39 is 0 Å². The number of hydrogen-bond acceptors (Lipinski definition) is 4. The van der Waals surface area contributed by atoms with Gasteiger partial charge in [-0.25, -0.2) is 0 Å². The van der Waals surface area contributed by atoms with E-state index in [1.807, 2.05) is 6.92 Å². The summed E-state index contributed by atoms with van der Waals surface area (Å²) >= 11 is 0. The van der Waals surface area contributed by atoms with Gasteiger partial charge in [0.1, 0.15) is 6.04 Å². The Kier molecular flexibility index (Phi) is 7.42. The molecular formula is C10H21NO3. The third-order valence-corrected chi connectivity index (χ3v) is 2.10. The first-order chi connectivity index (χ1) is 6.65. The third kappa shape index (κ3) is 5.19. The van der Waals surface area contributed by atoms with Gasteiger partial charge < -0.3 is 15.2 Å². The first-order valence-corrected chi connectivity index (χ1v) is 5.19. The molecule has 2 atom stereocenters. The number of aliphatic hydroxyl groups excluding tert-OH is 1. The van der Waals surface area contributed by atoms with Gasteiger partial charge in [-0.2, -0.15) is 0 Å². The molecule has 2 unspecified atom stereocenters. The topological polar surface area (TPSA) is 58.6 Å². The Labute approximate surface area is 85.6 Å². The van der Waals surface area contributed by atoms with Gasteiger partial charge in [-0.1, -0.05) is 6.92 Å². The number of hydrogen-bond donors (Lipinski definition) is 2. The maximum absolute atomic E-state index is 11.3.